The van der Waals surface area contributed by atoms with E-state index < -0.39 is 21.8 Å². The number of hydrogen-bond donors (Lipinski definition) is 1. The number of aliphatic hydroxyl groups is 1. The standard InChI is InChI=1S/C34H49NO4/c1-21-17-25-30(7)18-23(35-10)27(37)29(5,6)24(30)11-12-31(25,8)32(9)14-16-33(20-39-22(2)36)15-13-28(3,4)19-26(33)34(21,32)38/h17-18,21,24,26,38H,11-16,19-20H2,1-9H3/t21-,24+,26-,30+,31-,32+,33-,34+/m1/s1. The molecule has 3 fully saturated rings. The van der Waals surface area contributed by atoms with Crippen molar-refractivity contribution in [3.8, 4) is 0 Å². The maximum Gasteiger partial charge on any atom is 0.302 e. The highest BCUT2D eigenvalue weighted by atomic mass is 16.5. The minimum absolute atomic E-state index is 0.0146. The van der Waals surface area contributed by atoms with Gasteiger partial charge in [-0.3, -0.25) is 4.79 Å². The zero-order valence-electron chi connectivity index (χ0n) is 25.7. The molecule has 0 aromatic heterocycles. The zero-order valence-corrected chi connectivity index (χ0v) is 25.7. The van der Waals surface area contributed by atoms with E-state index >= 15 is 0 Å². The lowest BCUT2D eigenvalue weighted by molar-refractivity contribution is -0.280. The molecule has 0 radical (unpaired) electrons. The van der Waals surface area contributed by atoms with Crippen LogP contribution in [-0.2, 0) is 14.3 Å². The van der Waals surface area contributed by atoms with Gasteiger partial charge >= 0.3 is 5.97 Å². The Balaban J connectivity index is 1.70. The summed E-state index contributed by atoms with van der Waals surface area (Å²) in [6.07, 6.45) is 10.9. The highest BCUT2D eigenvalue weighted by Crippen LogP contribution is 2.77. The fraction of sp³-hybridized carbons (Fsp3) is 0.794. The summed E-state index contributed by atoms with van der Waals surface area (Å²) in [5.74, 6) is -0.261. The molecule has 3 saturated carbocycles. The third-order valence-electron chi connectivity index (χ3n) is 13.3. The van der Waals surface area contributed by atoms with Crippen LogP contribution in [0.5, 0.6) is 0 Å². The van der Waals surface area contributed by atoms with Gasteiger partial charge in [0.1, 0.15) is 0 Å². The van der Waals surface area contributed by atoms with Crippen LogP contribution >= 0.6 is 0 Å². The van der Waals surface area contributed by atoms with Gasteiger partial charge in [0.25, 0.3) is 0 Å². The number of carbonyl (C=O) groups is 2. The molecule has 1 N–H and O–H groups in total. The predicted octanol–water partition coefficient (Wildman–Crippen LogP) is 7.30. The van der Waals surface area contributed by atoms with Crippen molar-refractivity contribution in [2.75, 3.05) is 6.61 Å². The van der Waals surface area contributed by atoms with Gasteiger partial charge in [-0.2, -0.15) is 0 Å². The first kappa shape index (κ1) is 28.6. The molecule has 5 heteroatoms. The number of rotatable bonds is 2. The van der Waals surface area contributed by atoms with Gasteiger partial charge in [0.15, 0.2) is 5.78 Å². The summed E-state index contributed by atoms with van der Waals surface area (Å²) in [7, 11) is 0. The topological polar surface area (TPSA) is 68.0 Å². The zero-order chi connectivity index (χ0) is 29.0. The fourth-order valence-corrected chi connectivity index (χ4v) is 10.8. The molecular formula is C34H49NO4. The molecule has 214 valence electrons. The Labute approximate surface area is 235 Å². The Hall–Kier alpha value is -1.93. The summed E-state index contributed by atoms with van der Waals surface area (Å²) in [5.41, 5.74) is -1.20. The van der Waals surface area contributed by atoms with Gasteiger partial charge in [-0.25, -0.2) is 4.85 Å². The average molecular weight is 536 g/mol. The van der Waals surface area contributed by atoms with Crippen molar-refractivity contribution in [2.45, 2.75) is 113 Å². The van der Waals surface area contributed by atoms with Crippen LogP contribution in [0.2, 0.25) is 0 Å². The molecule has 0 heterocycles. The fourth-order valence-electron chi connectivity index (χ4n) is 10.8. The number of esters is 1. The summed E-state index contributed by atoms with van der Waals surface area (Å²) >= 11 is 0. The van der Waals surface area contributed by atoms with Crippen molar-refractivity contribution in [1.82, 2.24) is 0 Å². The summed E-state index contributed by atoms with van der Waals surface area (Å²) < 4.78 is 5.74. The van der Waals surface area contributed by atoms with E-state index in [-0.39, 0.29) is 51.4 Å². The van der Waals surface area contributed by atoms with E-state index in [1.807, 2.05) is 19.9 Å². The summed E-state index contributed by atoms with van der Waals surface area (Å²) in [5, 5.41) is 13.3. The molecule has 0 bridgehead atoms. The van der Waals surface area contributed by atoms with Gasteiger partial charge in [0, 0.05) is 34.5 Å². The highest BCUT2D eigenvalue weighted by molar-refractivity contribution is 6.02. The number of ketones is 1. The molecule has 8 atom stereocenters. The van der Waals surface area contributed by atoms with Gasteiger partial charge in [-0.15, -0.1) is 0 Å². The molecule has 0 unspecified atom stereocenters. The molecule has 0 aromatic carbocycles. The van der Waals surface area contributed by atoms with E-state index in [0.717, 1.165) is 44.9 Å². The third-order valence-corrected chi connectivity index (χ3v) is 13.3. The normalized spacial score (nSPS) is 47.7. The van der Waals surface area contributed by atoms with E-state index in [9.17, 15) is 14.7 Å². The maximum absolute atomic E-state index is 13.3. The number of carbonyl (C=O) groups excluding carboxylic acids is 2. The molecule has 0 aromatic rings. The second kappa shape index (κ2) is 8.31. The largest absolute Gasteiger partial charge is 0.465 e. The SMILES string of the molecule is [C-]#[N+]C1=C[C@]2(C)C3=C[C@@H](C)[C@]4(O)[C@@H]5CC(C)(C)CC[C@]5(COC(C)=O)CC[C@@]4(C)[C@]3(C)CC[C@H]2C(C)(C)C1=O. The lowest BCUT2D eigenvalue weighted by atomic mass is 9.32. The smallest absolute Gasteiger partial charge is 0.302 e. The Morgan fingerprint density at radius 2 is 1.69 bits per heavy atom. The number of hydrogen-bond acceptors (Lipinski definition) is 4. The number of Topliss-reactive ketones (excluding diaryl/α,β-unsaturated/α-hetero) is 1. The second-order valence-corrected chi connectivity index (χ2v) is 16.0. The van der Waals surface area contributed by atoms with Crippen LogP contribution in [0.3, 0.4) is 0 Å². The molecule has 5 rings (SSSR count). The average Bonchev–Trinajstić information content (AvgIpc) is 2.84. The lowest BCUT2D eigenvalue weighted by Gasteiger charge is -2.74. The van der Waals surface area contributed by atoms with Crippen molar-refractivity contribution < 1.29 is 19.4 Å². The van der Waals surface area contributed by atoms with E-state index in [0.29, 0.717) is 6.61 Å². The quantitative estimate of drug-likeness (QED) is 0.229. The van der Waals surface area contributed by atoms with Crippen molar-refractivity contribution in [2.24, 2.45) is 50.2 Å². The Morgan fingerprint density at radius 3 is 2.31 bits per heavy atom. The van der Waals surface area contributed by atoms with Gasteiger partial charge in [0.2, 0.25) is 5.70 Å². The van der Waals surface area contributed by atoms with E-state index in [4.69, 9.17) is 11.3 Å². The first-order valence-electron chi connectivity index (χ1n) is 15.1. The van der Waals surface area contributed by atoms with Crippen LogP contribution in [0, 0.1) is 56.8 Å². The molecule has 5 aliphatic rings. The number of ether oxygens (including phenoxy) is 1. The van der Waals surface area contributed by atoms with Crippen molar-refractivity contribution in [1.29, 1.82) is 0 Å². The summed E-state index contributed by atoms with van der Waals surface area (Å²) in [6.45, 7) is 27.5. The van der Waals surface area contributed by atoms with Crippen molar-refractivity contribution in [3.05, 3.63) is 34.8 Å². The molecule has 0 aliphatic heterocycles. The third kappa shape index (κ3) is 3.46. The van der Waals surface area contributed by atoms with Crippen LogP contribution in [-0.4, -0.2) is 29.1 Å². The predicted molar refractivity (Wildman–Crippen MR) is 152 cm³/mol. The van der Waals surface area contributed by atoms with Gasteiger partial charge in [0.05, 0.1) is 18.8 Å². The number of allylic oxidation sites excluding steroid dienone is 3. The molecule has 0 saturated heterocycles. The first-order valence-corrected chi connectivity index (χ1v) is 15.1. The maximum atomic E-state index is 13.3. The minimum atomic E-state index is -0.961. The second-order valence-electron chi connectivity index (χ2n) is 16.0. The van der Waals surface area contributed by atoms with E-state index in [2.05, 4.69) is 52.5 Å². The van der Waals surface area contributed by atoms with Crippen LogP contribution in [0.15, 0.2) is 23.4 Å². The molecule has 39 heavy (non-hydrogen) atoms. The Bertz CT molecular complexity index is 1220. The molecule has 5 aliphatic carbocycles. The van der Waals surface area contributed by atoms with Gasteiger partial charge < -0.3 is 14.6 Å². The molecule has 5 nitrogen and oxygen atoms in total. The van der Waals surface area contributed by atoms with Crippen LogP contribution in [0.25, 0.3) is 4.85 Å². The van der Waals surface area contributed by atoms with E-state index in [1.54, 1.807) is 0 Å². The van der Waals surface area contributed by atoms with Gasteiger partial charge in [-0.1, -0.05) is 73.1 Å². The molecule has 0 spiro atoms. The van der Waals surface area contributed by atoms with Crippen LogP contribution in [0.4, 0.5) is 0 Å². The van der Waals surface area contributed by atoms with Crippen LogP contribution < -0.4 is 0 Å². The molecular weight excluding hydrogens is 486 g/mol. The van der Waals surface area contributed by atoms with Crippen molar-refractivity contribution >= 4 is 11.8 Å². The van der Waals surface area contributed by atoms with Crippen LogP contribution in [0.1, 0.15) is 107 Å². The highest BCUT2D eigenvalue weighted by Gasteiger charge is 2.74. The summed E-state index contributed by atoms with van der Waals surface area (Å²) in [4.78, 5) is 29.0. The first-order chi connectivity index (χ1) is 17.8. The Morgan fingerprint density at radius 1 is 1.05 bits per heavy atom. The Kier molecular flexibility index (Phi) is 6.09. The number of nitrogens with zero attached hydrogens (tertiary/aromatic N) is 1. The number of fused-ring (bicyclic) bond motifs is 7. The monoisotopic (exact) mass is 535 g/mol. The van der Waals surface area contributed by atoms with Gasteiger partial charge in [-0.05, 0) is 67.6 Å². The minimum Gasteiger partial charge on any atom is -0.465 e. The molecule has 0 amide bonds. The van der Waals surface area contributed by atoms with Crippen molar-refractivity contribution in [3.63, 3.8) is 0 Å². The lowest BCUT2D eigenvalue weighted by Crippen LogP contribution is -2.73. The summed E-state index contributed by atoms with van der Waals surface area (Å²) in [6, 6.07) is 0. The van der Waals surface area contributed by atoms with E-state index in [1.165, 1.54) is 12.5 Å².